The molecule has 3 saturated heterocycles. The van der Waals surface area contributed by atoms with Crippen molar-refractivity contribution in [3.05, 3.63) is 173 Å². The molecule has 7 aliphatic rings. The molecule has 0 unspecified atom stereocenters. The first-order chi connectivity index (χ1) is 51.2. The molecule has 0 saturated carbocycles. The molecule has 12 atom stereocenters. The summed E-state index contributed by atoms with van der Waals surface area (Å²) in [5, 5.41) is 45.3. The van der Waals surface area contributed by atoms with Crippen molar-refractivity contribution in [1.29, 1.82) is 0 Å². The maximum absolute atomic E-state index is 15.3. The van der Waals surface area contributed by atoms with Crippen molar-refractivity contribution in [1.82, 2.24) is 47.0 Å². The van der Waals surface area contributed by atoms with Crippen molar-refractivity contribution in [3.8, 4) is 5.75 Å². The number of carbonyl (C=O) groups is 11. The van der Waals surface area contributed by atoms with Crippen LogP contribution in [0.25, 0.3) is 21.5 Å². The predicted octanol–water partition coefficient (Wildman–Crippen LogP) is 5.85. The molecule has 7 aliphatic heterocycles. The highest BCUT2D eigenvalue weighted by atomic mass is 16.5. The van der Waals surface area contributed by atoms with Crippen LogP contribution in [-0.4, -0.2) is 199 Å². The molecule has 6 aromatic rings. The molecule has 107 heavy (non-hydrogen) atoms. The van der Waals surface area contributed by atoms with Crippen LogP contribution in [0.4, 0.5) is 0 Å². The summed E-state index contributed by atoms with van der Waals surface area (Å²) < 4.78 is 18.1. The SMILES string of the molecule is CN[C@@H](C)C(=O)C[C@H](C(=O)N1C[C@@H]2C[C@H]1C(=O)N[C@@H](Cc1ccc3ccccc3c1)C(=O)C[C@H](C(=O)O)Cc1ccc(cc1)C(=O)N[C@H]1C[C@@H](C(=O)N[C@@H](Cc3ccc4ccccc4c3)C(=O)N[C@H](C(=O)O)Cc3ccc(cc3)OC/C=C/CO2)N(C(=O)[C@@H](NC(=O)[C@H](C)NC)C(C)(C)C)C1)C1CCOCC1. The van der Waals surface area contributed by atoms with Crippen LogP contribution in [0.5, 0.6) is 5.75 Å². The van der Waals surface area contributed by atoms with Crippen molar-refractivity contribution < 1.29 is 77.2 Å². The lowest BCUT2D eigenvalue weighted by molar-refractivity contribution is -0.146. The van der Waals surface area contributed by atoms with Gasteiger partial charge in [-0.2, -0.15) is 0 Å². The second-order valence-electron chi connectivity index (χ2n) is 29.7. The number of benzene rings is 6. The molecule has 0 spiro atoms. The van der Waals surface area contributed by atoms with Crippen LogP contribution in [0.2, 0.25) is 0 Å². The summed E-state index contributed by atoms with van der Waals surface area (Å²) in [6.45, 7) is 9.22. The Bertz CT molecular complexity index is 4250. The second-order valence-corrected chi connectivity index (χ2v) is 29.7. The van der Waals surface area contributed by atoms with Crippen LogP contribution >= 0.6 is 0 Å². The van der Waals surface area contributed by atoms with Crippen molar-refractivity contribution in [2.75, 3.05) is 53.6 Å². The normalized spacial score (nSPS) is 23.5. The number of Topliss-reactive ketones (excluding diaryl/α,β-unsaturated/α-hetero) is 2. The number of likely N-dealkylation sites (N-methyl/N-ethyl adjacent to an activating group) is 2. The first kappa shape index (κ1) is 79.4. The molecule has 8 bridgehead atoms. The Morgan fingerprint density at radius 1 is 0.589 bits per heavy atom. The Hall–Kier alpha value is -10.2. The molecule has 0 aliphatic carbocycles. The standard InChI is InChI=1S/C82H99N9O16/c1-48(83-6)70(92)45-64(56-30-34-105-35-31-56)78(99)91-47-63-44-69(91)77(98)86-65(40-52-20-24-54-14-8-10-16-58(54)37-52)71(93)42-60(80(101)102)36-50-18-26-57(27-19-50)74(95)85-61-43-68(90(46-61)79(100)72(82(3,4)5)89-73(94)49(2)84-7)76(97)87-66(41-53-21-25-55-15-9-11-17-59(55)38-53)75(96)88-67(81(103)104)39-51-22-28-62(29-23-51)106-32-12-13-33-107-63/h8-29,37-38,48-49,56,60-61,63-69,72,83-84H,30-36,39-47H2,1-7H3,(H,85,95)(H,86,98)(H,87,97)(H,88,96)(H,89,94)(H,101,102)(H,103,104)/b13-12+/t48-,49-,60+,61-,63-,64-,65-,66-,67-,68-,69-,72+/m0/s1. The highest BCUT2D eigenvalue weighted by molar-refractivity contribution is 5.99. The van der Waals surface area contributed by atoms with Gasteiger partial charge in [0.05, 0.1) is 36.8 Å². The molecule has 568 valence electrons. The van der Waals surface area contributed by atoms with Crippen LogP contribution in [-0.2, 0) is 83.1 Å². The lowest BCUT2D eigenvalue weighted by Gasteiger charge is -2.36. The van der Waals surface area contributed by atoms with E-state index in [1.54, 1.807) is 103 Å². The number of ketones is 2. The van der Waals surface area contributed by atoms with E-state index < -0.39 is 143 Å². The van der Waals surface area contributed by atoms with Gasteiger partial charge in [0.2, 0.25) is 35.4 Å². The van der Waals surface area contributed by atoms with Gasteiger partial charge in [-0.15, -0.1) is 0 Å². The molecule has 6 aromatic carbocycles. The van der Waals surface area contributed by atoms with Crippen molar-refractivity contribution in [3.63, 3.8) is 0 Å². The summed E-state index contributed by atoms with van der Waals surface area (Å²) in [4.78, 5) is 162. The number of ether oxygens (including phenoxy) is 3. The van der Waals surface area contributed by atoms with Crippen molar-refractivity contribution >= 4 is 86.4 Å². The molecule has 0 radical (unpaired) electrons. The van der Waals surface area contributed by atoms with Gasteiger partial charge in [0.25, 0.3) is 5.91 Å². The molecule has 7 heterocycles. The van der Waals surface area contributed by atoms with Crippen molar-refractivity contribution in [2.24, 2.45) is 23.2 Å². The fourth-order valence-electron chi connectivity index (χ4n) is 14.5. The maximum atomic E-state index is 15.3. The third-order valence-electron chi connectivity index (χ3n) is 21.0. The number of likely N-dealkylation sites (tertiary alicyclic amines) is 2. The number of rotatable bonds is 16. The van der Waals surface area contributed by atoms with Gasteiger partial charge in [-0.3, -0.25) is 47.9 Å². The predicted molar refractivity (Wildman–Crippen MR) is 401 cm³/mol. The zero-order valence-electron chi connectivity index (χ0n) is 61.7. The number of carboxylic acids is 2. The minimum Gasteiger partial charge on any atom is -0.490 e. The lowest BCUT2D eigenvalue weighted by Crippen LogP contribution is -2.61. The van der Waals surface area contributed by atoms with E-state index >= 15 is 24.0 Å². The minimum absolute atomic E-state index is 0.0160. The van der Waals surface area contributed by atoms with E-state index in [2.05, 4.69) is 37.2 Å². The van der Waals surface area contributed by atoms with Gasteiger partial charge in [-0.1, -0.05) is 136 Å². The largest absolute Gasteiger partial charge is 0.490 e. The number of amides is 7. The molecular formula is C82H99N9O16. The molecule has 3 fully saturated rings. The summed E-state index contributed by atoms with van der Waals surface area (Å²) >= 11 is 0. The van der Waals surface area contributed by atoms with Gasteiger partial charge >= 0.3 is 11.9 Å². The first-order valence-corrected chi connectivity index (χ1v) is 36.8. The van der Waals surface area contributed by atoms with E-state index in [0.717, 1.165) is 21.5 Å². The zero-order valence-corrected chi connectivity index (χ0v) is 61.7. The molecule has 25 nitrogen and oxygen atoms in total. The average molecular weight is 1470 g/mol. The minimum atomic E-state index is -1.50. The number of hydrogen-bond donors (Lipinski definition) is 9. The third-order valence-corrected chi connectivity index (χ3v) is 21.0. The number of carboxylic acid groups (broad SMARTS) is 2. The average Bonchev–Trinajstić information content (AvgIpc) is 1.69. The highest BCUT2D eigenvalue weighted by Crippen LogP contribution is 2.34. The molecular weight excluding hydrogens is 1370 g/mol. The van der Waals surface area contributed by atoms with Gasteiger partial charge in [-0.05, 0) is 146 Å². The van der Waals surface area contributed by atoms with E-state index in [9.17, 15) is 39.0 Å². The Morgan fingerprint density at radius 3 is 1.75 bits per heavy atom. The van der Waals surface area contributed by atoms with E-state index in [4.69, 9.17) is 14.2 Å². The highest BCUT2D eigenvalue weighted by Gasteiger charge is 2.48. The maximum Gasteiger partial charge on any atom is 0.326 e. The van der Waals surface area contributed by atoms with Crippen LogP contribution in [0, 0.1) is 23.2 Å². The van der Waals surface area contributed by atoms with E-state index in [1.165, 1.54) is 21.9 Å². The van der Waals surface area contributed by atoms with E-state index in [-0.39, 0.29) is 88.5 Å². The zero-order chi connectivity index (χ0) is 76.6. The first-order valence-electron chi connectivity index (χ1n) is 36.8. The Balaban J connectivity index is 0.975. The summed E-state index contributed by atoms with van der Waals surface area (Å²) in [5.41, 5.74) is 1.45. The summed E-state index contributed by atoms with van der Waals surface area (Å²) in [7, 11) is 3.25. The number of aliphatic carboxylic acids is 2. The lowest BCUT2D eigenvalue weighted by atomic mass is 9.81. The van der Waals surface area contributed by atoms with Gasteiger partial charge in [-0.25, -0.2) is 4.79 Å². The van der Waals surface area contributed by atoms with Crippen LogP contribution < -0.4 is 42.0 Å². The molecule has 9 N–H and O–H groups in total. The number of hydrogen-bond acceptors (Lipinski definition) is 16. The molecule has 13 rings (SSSR count). The molecule has 0 aromatic heterocycles. The van der Waals surface area contributed by atoms with E-state index in [0.29, 0.717) is 54.1 Å². The number of nitrogens with zero attached hydrogens (tertiary/aromatic N) is 2. The quantitative estimate of drug-likeness (QED) is 0.0513. The van der Waals surface area contributed by atoms with Gasteiger partial charge in [0, 0.05) is 75.9 Å². The van der Waals surface area contributed by atoms with Gasteiger partial charge in [0.15, 0.2) is 5.78 Å². The second kappa shape index (κ2) is 36.4. The number of carbonyl (C=O) groups excluding carboxylic acids is 9. The third kappa shape index (κ3) is 20.9. The summed E-state index contributed by atoms with van der Waals surface area (Å²) in [5.74, 6) is -9.87. The fourth-order valence-corrected chi connectivity index (χ4v) is 14.5. The summed E-state index contributed by atoms with van der Waals surface area (Å²) in [6.07, 6.45) is 2.47. The Morgan fingerprint density at radius 2 is 1.15 bits per heavy atom. The monoisotopic (exact) mass is 1470 g/mol. The van der Waals surface area contributed by atoms with Crippen LogP contribution in [0.3, 0.4) is 0 Å². The van der Waals surface area contributed by atoms with Gasteiger partial charge in [0.1, 0.15) is 48.3 Å². The fraction of sp³-hybridized carbons (Fsp3) is 0.451. The molecule has 7 amide bonds. The summed E-state index contributed by atoms with van der Waals surface area (Å²) in [6, 6.07) is 28.9. The van der Waals surface area contributed by atoms with Crippen molar-refractivity contribution in [2.45, 2.75) is 159 Å². The van der Waals surface area contributed by atoms with Crippen LogP contribution in [0.1, 0.15) is 106 Å². The number of nitrogens with one attached hydrogen (secondary N) is 7. The topological polar surface area (TPSA) is 347 Å². The Kier molecular flexibility index (Phi) is 27.0. The van der Waals surface area contributed by atoms with Gasteiger partial charge < -0.3 is 71.4 Å². The van der Waals surface area contributed by atoms with E-state index in [1.807, 2.05) is 78.9 Å². The molecule has 25 heteroatoms. The van der Waals surface area contributed by atoms with Crippen LogP contribution in [0.15, 0.2) is 146 Å². The number of fused-ring (bicyclic) bond motifs is 2. The smallest absolute Gasteiger partial charge is 0.326 e. The Labute approximate surface area is 623 Å².